The number of benzene rings is 1. The molecule has 2 aromatic rings. The van der Waals surface area contributed by atoms with Crippen LogP contribution in [0.1, 0.15) is 18.2 Å². The van der Waals surface area contributed by atoms with Crippen LogP contribution in [0.15, 0.2) is 30.3 Å². The lowest BCUT2D eigenvalue weighted by molar-refractivity contribution is -0.144. The molecule has 0 saturated carbocycles. The van der Waals surface area contributed by atoms with Gasteiger partial charge in [0.05, 0.1) is 6.04 Å². The van der Waals surface area contributed by atoms with E-state index in [2.05, 4.69) is 10.4 Å². The molecule has 0 fully saturated rings. The van der Waals surface area contributed by atoms with Crippen molar-refractivity contribution in [1.29, 1.82) is 0 Å². The zero-order chi connectivity index (χ0) is 18.1. The first kappa shape index (κ1) is 17.0. The Balaban J connectivity index is 1.62. The van der Waals surface area contributed by atoms with Crippen LogP contribution in [0.3, 0.4) is 0 Å². The predicted octanol–water partition coefficient (Wildman–Crippen LogP) is 1.52. The molecule has 1 N–H and O–H groups in total. The lowest BCUT2D eigenvalue weighted by Crippen LogP contribution is -2.48. The van der Waals surface area contributed by atoms with Crippen LogP contribution in [0.4, 0.5) is 5.82 Å². The molecule has 0 unspecified atom stereocenters. The zero-order valence-corrected chi connectivity index (χ0v) is 14.8. The van der Waals surface area contributed by atoms with Gasteiger partial charge < -0.3 is 15.0 Å². The highest BCUT2D eigenvalue weighted by Crippen LogP contribution is 2.30. The van der Waals surface area contributed by atoms with Crippen LogP contribution in [0.2, 0.25) is 0 Å². The highest BCUT2D eigenvalue weighted by molar-refractivity contribution is 6.39. The highest BCUT2D eigenvalue weighted by atomic mass is 16.5. The number of para-hydroxylation sites is 1. The van der Waals surface area contributed by atoms with E-state index in [0.29, 0.717) is 5.82 Å². The minimum absolute atomic E-state index is 0.170. The van der Waals surface area contributed by atoms with Gasteiger partial charge in [-0.15, -0.1) is 0 Å². The number of hydrogen-bond acceptors (Lipinski definition) is 4. The number of carbonyl (C=O) groups excluding carboxylic acids is 2. The van der Waals surface area contributed by atoms with Gasteiger partial charge in [-0.2, -0.15) is 5.10 Å². The second kappa shape index (κ2) is 6.58. The number of amides is 2. The number of aryl methyl sites for hydroxylation is 2. The van der Waals surface area contributed by atoms with Crippen molar-refractivity contribution in [3.63, 3.8) is 0 Å². The highest BCUT2D eigenvalue weighted by Gasteiger charge is 2.33. The summed E-state index contributed by atoms with van der Waals surface area (Å²) in [5.41, 5.74) is 2.01. The fourth-order valence-corrected chi connectivity index (χ4v) is 2.86. The van der Waals surface area contributed by atoms with Crippen molar-refractivity contribution in [2.45, 2.75) is 32.4 Å². The van der Waals surface area contributed by atoms with E-state index in [0.717, 1.165) is 23.4 Å². The number of aromatic nitrogens is 2. The summed E-state index contributed by atoms with van der Waals surface area (Å²) in [6, 6.07) is 9.29. The molecule has 2 heterocycles. The molecular formula is C18H22N4O3. The maximum absolute atomic E-state index is 12.4. The normalized spacial score (nSPS) is 16.7. The summed E-state index contributed by atoms with van der Waals surface area (Å²) < 4.78 is 7.55. The monoisotopic (exact) mass is 342 g/mol. The van der Waals surface area contributed by atoms with Gasteiger partial charge in [0.2, 0.25) is 0 Å². The number of rotatable bonds is 3. The lowest BCUT2D eigenvalue weighted by atomic mass is 10.0. The van der Waals surface area contributed by atoms with E-state index in [9.17, 15) is 9.59 Å². The molecule has 25 heavy (non-hydrogen) atoms. The Kier molecular flexibility index (Phi) is 4.48. The number of likely N-dealkylation sites (N-methyl/N-ethyl adjacent to an activating group) is 1. The second-order valence-electron chi connectivity index (χ2n) is 6.37. The van der Waals surface area contributed by atoms with Gasteiger partial charge in [0, 0.05) is 32.3 Å². The topological polar surface area (TPSA) is 76.5 Å². The molecule has 1 aromatic carbocycles. The van der Waals surface area contributed by atoms with E-state index < -0.39 is 11.8 Å². The third-order valence-corrected chi connectivity index (χ3v) is 4.69. The van der Waals surface area contributed by atoms with Crippen molar-refractivity contribution in [3.8, 4) is 5.75 Å². The minimum Gasteiger partial charge on any atom is -0.488 e. The zero-order valence-electron chi connectivity index (χ0n) is 14.8. The van der Waals surface area contributed by atoms with Crippen molar-refractivity contribution in [1.82, 2.24) is 14.7 Å². The Hall–Kier alpha value is -2.83. The average molecular weight is 342 g/mol. The summed E-state index contributed by atoms with van der Waals surface area (Å²) in [6.45, 7) is 3.75. The molecule has 3 rings (SSSR count). The first-order chi connectivity index (χ1) is 11.9. The van der Waals surface area contributed by atoms with Gasteiger partial charge in [0.15, 0.2) is 5.82 Å². The molecule has 0 bridgehead atoms. The fourth-order valence-electron chi connectivity index (χ4n) is 2.86. The van der Waals surface area contributed by atoms with Crippen LogP contribution < -0.4 is 10.1 Å². The molecule has 0 spiro atoms. The molecule has 132 valence electrons. The van der Waals surface area contributed by atoms with Crippen LogP contribution in [0, 0.1) is 6.92 Å². The van der Waals surface area contributed by atoms with E-state index in [1.165, 1.54) is 4.90 Å². The minimum atomic E-state index is -0.706. The molecule has 0 radical (unpaired) electrons. The molecular weight excluding hydrogens is 320 g/mol. The molecule has 2 amide bonds. The number of anilines is 1. The van der Waals surface area contributed by atoms with E-state index in [-0.39, 0.29) is 12.1 Å². The number of nitrogens with one attached hydrogen (secondary N) is 1. The number of hydrogen-bond donors (Lipinski definition) is 1. The molecule has 1 aliphatic heterocycles. The largest absolute Gasteiger partial charge is 0.488 e. The predicted molar refractivity (Wildman–Crippen MR) is 93.4 cm³/mol. The lowest BCUT2D eigenvalue weighted by Gasteiger charge is -2.28. The summed E-state index contributed by atoms with van der Waals surface area (Å²) in [6.07, 6.45) is 0.548. The molecule has 0 saturated heterocycles. The van der Waals surface area contributed by atoms with Gasteiger partial charge in [0.1, 0.15) is 11.9 Å². The molecule has 0 aliphatic carbocycles. The number of fused-ring (bicyclic) bond motifs is 1. The molecule has 7 nitrogen and oxygen atoms in total. The molecule has 1 aliphatic rings. The van der Waals surface area contributed by atoms with Crippen LogP contribution in [0.5, 0.6) is 5.75 Å². The quantitative estimate of drug-likeness (QED) is 0.858. The Morgan fingerprint density at radius 3 is 2.76 bits per heavy atom. The van der Waals surface area contributed by atoms with Crippen LogP contribution in [-0.2, 0) is 23.1 Å². The Bertz CT molecular complexity index is 770. The van der Waals surface area contributed by atoms with Crippen molar-refractivity contribution < 1.29 is 14.3 Å². The first-order valence-corrected chi connectivity index (χ1v) is 8.20. The smallest absolute Gasteiger partial charge is 0.315 e. The molecule has 7 heteroatoms. The van der Waals surface area contributed by atoms with Crippen LogP contribution >= 0.6 is 0 Å². The SMILES string of the molecule is Cc1cc(NC(=O)C(=O)N(C)[C@H](C)[C@H]2Cc3ccccc3O2)nn1C. The van der Waals surface area contributed by atoms with Gasteiger partial charge in [0.25, 0.3) is 0 Å². The van der Waals surface area contributed by atoms with E-state index >= 15 is 0 Å². The second-order valence-corrected chi connectivity index (χ2v) is 6.37. The summed E-state index contributed by atoms with van der Waals surface area (Å²) in [7, 11) is 3.39. The van der Waals surface area contributed by atoms with Gasteiger partial charge >= 0.3 is 11.8 Å². The van der Waals surface area contributed by atoms with Gasteiger partial charge in [-0.25, -0.2) is 0 Å². The van der Waals surface area contributed by atoms with E-state index in [4.69, 9.17) is 4.74 Å². The van der Waals surface area contributed by atoms with Crippen molar-refractivity contribution >= 4 is 17.6 Å². The van der Waals surface area contributed by atoms with Crippen LogP contribution in [-0.4, -0.2) is 45.7 Å². The van der Waals surface area contributed by atoms with Crippen molar-refractivity contribution in [2.75, 3.05) is 12.4 Å². The average Bonchev–Trinajstić information content (AvgIpc) is 3.16. The number of ether oxygens (including phenoxy) is 1. The third-order valence-electron chi connectivity index (χ3n) is 4.69. The Labute approximate surface area is 146 Å². The summed E-state index contributed by atoms with van der Waals surface area (Å²) in [5.74, 6) is -0.115. The van der Waals surface area contributed by atoms with Crippen molar-refractivity contribution in [3.05, 3.63) is 41.6 Å². The molecule has 2 atom stereocenters. The summed E-state index contributed by atoms with van der Waals surface area (Å²) in [4.78, 5) is 26.1. The van der Waals surface area contributed by atoms with E-state index in [1.807, 2.05) is 38.1 Å². The Morgan fingerprint density at radius 1 is 1.40 bits per heavy atom. The van der Waals surface area contributed by atoms with Gasteiger partial charge in [-0.3, -0.25) is 14.3 Å². The van der Waals surface area contributed by atoms with Crippen molar-refractivity contribution in [2.24, 2.45) is 7.05 Å². The number of carbonyl (C=O) groups is 2. The van der Waals surface area contributed by atoms with Gasteiger partial charge in [-0.05, 0) is 25.5 Å². The fraction of sp³-hybridized carbons (Fsp3) is 0.389. The van der Waals surface area contributed by atoms with E-state index in [1.54, 1.807) is 24.8 Å². The number of nitrogens with zero attached hydrogens (tertiary/aromatic N) is 3. The maximum atomic E-state index is 12.4. The first-order valence-electron chi connectivity index (χ1n) is 8.20. The standard InChI is InChI=1S/C18H22N4O3/c1-11-9-16(20-22(11)4)19-17(23)18(24)21(3)12(2)15-10-13-7-5-6-8-14(13)25-15/h5-9,12,15H,10H2,1-4H3,(H,19,20,23)/t12-,15-/m1/s1. The van der Waals surface area contributed by atoms with Crippen LogP contribution in [0.25, 0.3) is 0 Å². The van der Waals surface area contributed by atoms with Gasteiger partial charge in [-0.1, -0.05) is 18.2 Å². The third kappa shape index (κ3) is 3.35. The summed E-state index contributed by atoms with van der Waals surface area (Å²) >= 11 is 0. The molecule has 1 aromatic heterocycles. The Morgan fingerprint density at radius 2 is 2.12 bits per heavy atom. The maximum Gasteiger partial charge on any atom is 0.315 e. The summed E-state index contributed by atoms with van der Waals surface area (Å²) in [5, 5.41) is 6.67.